The van der Waals surface area contributed by atoms with E-state index in [-0.39, 0.29) is 17.5 Å². The summed E-state index contributed by atoms with van der Waals surface area (Å²) in [5.41, 5.74) is 6.48. The number of hydrogen-bond donors (Lipinski definition) is 2. The fourth-order valence-electron chi connectivity index (χ4n) is 1.13. The van der Waals surface area contributed by atoms with Crippen LogP contribution in [-0.2, 0) is 0 Å². The average molecular weight is 249 g/mol. The summed E-state index contributed by atoms with van der Waals surface area (Å²) >= 11 is 11.7. The van der Waals surface area contributed by atoms with Crippen molar-refractivity contribution >= 4 is 35.2 Å². The number of carbonyl (C=O) groups is 1. The van der Waals surface area contributed by atoms with Crippen LogP contribution in [0.5, 0.6) is 0 Å². The van der Waals surface area contributed by atoms with Gasteiger partial charge in [0.2, 0.25) is 5.22 Å². The van der Waals surface area contributed by atoms with Crippen LogP contribution in [0.3, 0.4) is 0 Å². The molecule has 1 rings (SSSR count). The van der Waals surface area contributed by atoms with E-state index in [1.54, 1.807) is 7.05 Å². The second-order valence-electron chi connectivity index (χ2n) is 2.69. The molecule has 0 fully saturated rings. The smallest absolute Gasteiger partial charge is 0.203 e. The third-order valence-corrected chi connectivity index (χ3v) is 2.42. The highest BCUT2D eigenvalue weighted by Gasteiger charge is 2.14. The van der Waals surface area contributed by atoms with Gasteiger partial charge in [-0.3, -0.25) is 4.79 Å². The second kappa shape index (κ2) is 5.21. The fourth-order valence-corrected chi connectivity index (χ4v) is 1.57. The Labute approximate surface area is 97.0 Å². The molecule has 0 atom stereocenters. The highest BCUT2D eigenvalue weighted by molar-refractivity contribution is 6.34. The fraction of sp³-hybridized carbons (Fsp3) is 0.222. The normalized spacial score (nSPS) is 12.3. The van der Waals surface area contributed by atoms with E-state index in [4.69, 9.17) is 33.4 Å². The van der Waals surface area contributed by atoms with E-state index in [9.17, 15) is 4.79 Å². The number of hydrogen-bond acceptors (Lipinski definition) is 4. The molecule has 0 radical (unpaired) electrons. The first-order chi connectivity index (χ1) is 7.13. The third-order valence-electron chi connectivity index (χ3n) is 1.79. The predicted molar refractivity (Wildman–Crippen MR) is 60.0 cm³/mol. The molecule has 0 spiro atoms. The van der Waals surface area contributed by atoms with Crippen LogP contribution in [-0.4, -0.2) is 19.9 Å². The minimum absolute atomic E-state index is 0.105. The molecule has 0 aliphatic heterocycles. The Balaban J connectivity index is 3.23. The lowest BCUT2D eigenvalue weighted by Gasteiger charge is -2.06. The molecule has 6 heteroatoms. The van der Waals surface area contributed by atoms with E-state index in [1.165, 1.54) is 6.07 Å². The minimum Gasteiger partial charge on any atom is -0.441 e. The number of rotatable bonds is 4. The maximum absolute atomic E-state index is 10.5. The quantitative estimate of drug-likeness (QED) is 0.799. The average Bonchev–Trinajstić information content (AvgIpc) is 2.61. The molecule has 0 aliphatic rings. The molecular formula is C9H10Cl2N2O2. The van der Waals surface area contributed by atoms with Gasteiger partial charge >= 0.3 is 0 Å². The molecule has 0 aromatic carbocycles. The SMILES string of the molecule is CN/C(=C(/Cl)CN)c1cc(C=O)oc1Cl. The van der Waals surface area contributed by atoms with E-state index in [0.29, 0.717) is 22.6 Å². The van der Waals surface area contributed by atoms with Gasteiger partial charge in [0.05, 0.1) is 16.3 Å². The molecular weight excluding hydrogens is 239 g/mol. The molecule has 3 N–H and O–H groups in total. The molecule has 1 aromatic heterocycles. The summed E-state index contributed by atoms with van der Waals surface area (Å²) in [5, 5.41) is 3.37. The van der Waals surface area contributed by atoms with E-state index in [2.05, 4.69) is 5.32 Å². The second-order valence-corrected chi connectivity index (χ2v) is 3.49. The van der Waals surface area contributed by atoms with Crippen molar-refractivity contribution in [2.24, 2.45) is 5.73 Å². The van der Waals surface area contributed by atoms with Crippen molar-refractivity contribution < 1.29 is 9.21 Å². The maximum Gasteiger partial charge on any atom is 0.203 e. The van der Waals surface area contributed by atoms with E-state index in [0.717, 1.165) is 0 Å². The highest BCUT2D eigenvalue weighted by Crippen LogP contribution is 2.28. The molecule has 0 saturated carbocycles. The van der Waals surface area contributed by atoms with E-state index < -0.39 is 0 Å². The monoisotopic (exact) mass is 248 g/mol. The summed E-state index contributed by atoms with van der Waals surface area (Å²) in [6.45, 7) is 0.176. The number of nitrogens with one attached hydrogen (secondary N) is 1. The first-order valence-corrected chi connectivity index (χ1v) is 4.91. The van der Waals surface area contributed by atoms with Gasteiger partial charge in [-0.25, -0.2) is 0 Å². The molecule has 0 amide bonds. The van der Waals surface area contributed by atoms with Crippen LogP contribution >= 0.6 is 23.2 Å². The van der Waals surface area contributed by atoms with Crippen LogP contribution in [0.25, 0.3) is 5.70 Å². The first-order valence-electron chi connectivity index (χ1n) is 4.15. The van der Waals surface area contributed by atoms with Gasteiger partial charge in [0, 0.05) is 13.6 Å². The van der Waals surface area contributed by atoms with Crippen molar-refractivity contribution in [1.29, 1.82) is 0 Å². The Morgan fingerprint density at radius 2 is 2.40 bits per heavy atom. The summed E-state index contributed by atoms with van der Waals surface area (Å²) < 4.78 is 4.97. The van der Waals surface area contributed by atoms with Crippen molar-refractivity contribution in [3.05, 3.63) is 27.6 Å². The van der Waals surface area contributed by atoms with Gasteiger partial charge in [-0.15, -0.1) is 0 Å². The zero-order valence-electron chi connectivity index (χ0n) is 8.01. The summed E-state index contributed by atoms with van der Waals surface area (Å²) in [5.74, 6) is 0.143. The van der Waals surface area contributed by atoms with Gasteiger partial charge in [0.15, 0.2) is 12.0 Å². The van der Waals surface area contributed by atoms with Gasteiger partial charge in [-0.05, 0) is 17.7 Å². The topological polar surface area (TPSA) is 68.3 Å². The van der Waals surface area contributed by atoms with Gasteiger partial charge < -0.3 is 15.5 Å². The summed E-state index contributed by atoms with van der Waals surface area (Å²) in [6.07, 6.45) is 0.568. The van der Waals surface area contributed by atoms with Gasteiger partial charge in [-0.1, -0.05) is 11.6 Å². The Morgan fingerprint density at radius 3 is 2.80 bits per heavy atom. The Kier molecular flexibility index (Phi) is 4.20. The van der Waals surface area contributed by atoms with Crippen LogP contribution in [0.4, 0.5) is 0 Å². The van der Waals surface area contributed by atoms with Crippen LogP contribution in [0.2, 0.25) is 5.22 Å². The number of carbonyl (C=O) groups excluding carboxylic acids is 1. The summed E-state index contributed by atoms with van der Waals surface area (Å²) in [4.78, 5) is 10.5. The lowest BCUT2D eigenvalue weighted by molar-refractivity contribution is 0.110. The van der Waals surface area contributed by atoms with E-state index in [1.807, 2.05) is 0 Å². The zero-order valence-corrected chi connectivity index (χ0v) is 9.52. The standard InChI is InChI=1S/C9H10Cl2N2O2/c1-13-8(7(10)3-12)6-2-5(4-14)15-9(6)11/h2,4,13H,3,12H2,1H3/b8-7+. The predicted octanol–water partition coefficient (Wildman–Crippen LogP) is 1.83. The van der Waals surface area contributed by atoms with Crippen molar-refractivity contribution in [3.63, 3.8) is 0 Å². The molecule has 82 valence electrons. The van der Waals surface area contributed by atoms with Crippen molar-refractivity contribution in [2.45, 2.75) is 0 Å². The number of furan rings is 1. The third kappa shape index (κ3) is 2.53. The van der Waals surface area contributed by atoms with Gasteiger partial charge in [0.25, 0.3) is 0 Å². The van der Waals surface area contributed by atoms with Crippen LogP contribution in [0.1, 0.15) is 16.1 Å². The van der Waals surface area contributed by atoms with Gasteiger partial charge in [0.1, 0.15) is 0 Å². The van der Waals surface area contributed by atoms with Crippen LogP contribution in [0.15, 0.2) is 15.5 Å². The van der Waals surface area contributed by atoms with Crippen molar-refractivity contribution in [2.75, 3.05) is 13.6 Å². The lowest BCUT2D eigenvalue weighted by atomic mass is 10.2. The highest BCUT2D eigenvalue weighted by atomic mass is 35.5. The summed E-state index contributed by atoms with van der Waals surface area (Å²) in [6, 6.07) is 1.50. The van der Waals surface area contributed by atoms with Crippen molar-refractivity contribution in [3.8, 4) is 0 Å². The molecule has 0 bridgehead atoms. The first kappa shape index (κ1) is 12.1. The molecule has 1 aromatic rings. The summed E-state index contributed by atoms with van der Waals surface area (Å²) in [7, 11) is 1.68. The number of halogens is 2. The van der Waals surface area contributed by atoms with Crippen LogP contribution in [0, 0.1) is 0 Å². The molecule has 15 heavy (non-hydrogen) atoms. The molecule has 0 aliphatic carbocycles. The molecule has 0 unspecified atom stereocenters. The van der Waals surface area contributed by atoms with Crippen LogP contribution < -0.4 is 11.1 Å². The lowest BCUT2D eigenvalue weighted by Crippen LogP contribution is -2.10. The van der Waals surface area contributed by atoms with Crippen molar-refractivity contribution in [1.82, 2.24) is 5.32 Å². The zero-order chi connectivity index (χ0) is 11.4. The Bertz CT molecular complexity index is 399. The molecule has 1 heterocycles. The van der Waals surface area contributed by atoms with Gasteiger partial charge in [-0.2, -0.15) is 0 Å². The number of aldehydes is 1. The molecule has 0 saturated heterocycles. The Morgan fingerprint density at radius 1 is 1.73 bits per heavy atom. The number of nitrogens with two attached hydrogens (primary N) is 1. The maximum atomic E-state index is 10.5. The largest absolute Gasteiger partial charge is 0.441 e. The Hall–Kier alpha value is -0.970. The molecule has 4 nitrogen and oxygen atoms in total. The minimum atomic E-state index is 0.105. The van der Waals surface area contributed by atoms with E-state index >= 15 is 0 Å².